The summed E-state index contributed by atoms with van der Waals surface area (Å²) >= 11 is 1.01. The van der Waals surface area contributed by atoms with E-state index in [9.17, 15) is 4.79 Å². The molecule has 0 radical (unpaired) electrons. The summed E-state index contributed by atoms with van der Waals surface area (Å²) in [4.78, 5) is 12.0. The molecule has 90 valence electrons. The molecule has 6 nitrogen and oxygen atoms in total. The van der Waals surface area contributed by atoms with Gasteiger partial charge in [0, 0.05) is 22.5 Å². The van der Waals surface area contributed by atoms with Crippen LogP contribution in [0, 0.1) is 6.92 Å². The lowest BCUT2D eigenvalue weighted by molar-refractivity contribution is 0.0998. The second-order valence-electron chi connectivity index (χ2n) is 3.67. The zero-order chi connectivity index (χ0) is 12.5. The van der Waals surface area contributed by atoms with E-state index in [1.807, 2.05) is 31.2 Å². The van der Waals surface area contributed by atoms with E-state index in [0.717, 1.165) is 22.5 Å². The number of aromatic nitrogens is 3. The number of rotatable bonds is 2. The molecule has 0 aliphatic rings. The van der Waals surface area contributed by atoms with Gasteiger partial charge in [-0.2, -0.15) is 0 Å². The molecular weight excluding hydrogens is 252 g/mol. The van der Waals surface area contributed by atoms with Crippen molar-refractivity contribution in [2.45, 2.75) is 6.92 Å². The largest absolute Gasteiger partial charge is 0.451 e. The van der Waals surface area contributed by atoms with Gasteiger partial charge in [-0.1, -0.05) is 27.8 Å². The Kier molecular flexibility index (Phi) is 2.52. The number of nitrogens with one attached hydrogen (secondary N) is 1. The number of carbonyl (C=O) groups is 1. The van der Waals surface area contributed by atoms with E-state index in [4.69, 9.17) is 4.42 Å². The van der Waals surface area contributed by atoms with Crippen LogP contribution in [0.25, 0.3) is 11.0 Å². The van der Waals surface area contributed by atoms with Crippen molar-refractivity contribution in [1.82, 2.24) is 14.8 Å². The minimum atomic E-state index is -0.345. The highest BCUT2D eigenvalue weighted by Gasteiger charge is 2.18. The number of benzene rings is 1. The summed E-state index contributed by atoms with van der Waals surface area (Å²) in [7, 11) is 0. The van der Waals surface area contributed by atoms with E-state index < -0.39 is 0 Å². The molecule has 2 aromatic heterocycles. The van der Waals surface area contributed by atoms with Crippen molar-refractivity contribution >= 4 is 33.5 Å². The second kappa shape index (κ2) is 4.19. The molecule has 0 unspecified atom stereocenters. The third-order valence-electron chi connectivity index (χ3n) is 2.57. The summed E-state index contributed by atoms with van der Waals surface area (Å²) in [6.45, 7) is 1.85. The molecule has 7 heteroatoms. The highest BCUT2D eigenvalue weighted by molar-refractivity contribution is 7.09. The Hall–Kier alpha value is -2.28. The van der Waals surface area contributed by atoms with Crippen LogP contribution in [0.1, 0.15) is 16.1 Å². The Bertz CT molecular complexity index is 705. The summed E-state index contributed by atoms with van der Waals surface area (Å²) in [5.74, 6) is -0.0614. The number of aryl methyl sites for hydroxylation is 1. The summed E-state index contributed by atoms with van der Waals surface area (Å²) in [5, 5.41) is 10.9. The zero-order valence-electron chi connectivity index (χ0n) is 9.38. The number of fused-ring (bicyclic) bond motifs is 1. The molecule has 0 aliphatic carbocycles. The first-order valence-electron chi connectivity index (χ1n) is 5.20. The number of carbonyl (C=O) groups excluding carboxylic acids is 1. The Morgan fingerprint density at radius 1 is 1.39 bits per heavy atom. The first-order chi connectivity index (χ1) is 8.75. The molecule has 3 aromatic rings. The molecule has 3 rings (SSSR count). The van der Waals surface area contributed by atoms with Crippen molar-refractivity contribution in [3.63, 3.8) is 0 Å². The van der Waals surface area contributed by atoms with Crippen LogP contribution in [0.3, 0.4) is 0 Å². The second-order valence-corrected chi connectivity index (χ2v) is 4.41. The molecule has 1 aromatic carbocycles. The third-order valence-corrected chi connectivity index (χ3v) is 3.08. The standard InChI is InChI=1S/C11H8N4O2S/c1-6-7-4-2-3-5-8(7)17-9(6)10(16)12-11-13-14-15-18-11/h2-5H,1H3,(H,12,13,15,16). The van der Waals surface area contributed by atoms with Crippen LogP contribution < -0.4 is 5.32 Å². The molecule has 2 heterocycles. The third kappa shape index (κ3) is 1.74. The van der Waals surface area contributed by atoms with Gasteiger partial charge < -0.3 is 4.42 Å². The maximum Gasteiger partial charge on any atom is 0.293 e. The molecule has 0 bridgehead atoms. The van der Waals surface area contributed by atoms with Crippen molar-refractivity contribution in [2.24, 2.45) is 0 Å². The van der Waals surface area contributed by atoms with E-state index in [0.29, 0.717) is 10.7 Å². The van der Waals surface area contributed by atoms with Crippen molar-refractivity contribution in [2.75, 3.05) is 5.32 Å². The molecule has 1 amide bonds. The fourth-order valence-corrected chi connectivity index (χ4v) is 2.09. The van der Waals surface area contributed by atoms with Crippen LogP contribution in [0.2, 0.25) is 0 Å². The predicted octanol–water partition coefficient (Wildman–Crippen LogP) is 2.24. The van der Waals surface area contributed by atoms with Crippen LogP contribution in [0.15, 0.2) is 28.7 Å². The number of nitrogens with zero attached hydrogens (tertiary/aromatic N) is 3. The molecule has 1 N–H and O–H groups in total. The highest BCUT2D eigenvalue weighted by Crippen LogP contribution is 2.25. The van der Waals surface area contributed by atoms with Gasteiger partial charge >= 0.3 is 0 Å². The summed E-state index contributed by atoms with van der Waals surface area (Å²) in [6.07, 6.45) is 0. The minimum Gasteiger partial charge on any atom is -0.451 e. The van der Waals surface area contributed by atoms with Gasteiger partial charge in [-0.15, -0.1) is 0 Å². The lowest BCUT2D eigenvalue weighted by atomic mass is 10.1. The quantitative estimate of drug-likeness (QED) is 0.764. The number of hydrogen-bond donors (Lipinski definition) is 1. The molecular formula is C11H8N4O2S. The summed E-state index contributed by atoms with van der Waals surface area (Å²) < 4.78 is 9.10. The van der Waals surface area contributed by atoms with E-state index in [1.54, 1.807) is 0 Å². The molecule has 0 spiro atoms. The number of para-hydroxylation sites is 1. The topological polar surface area (TPSA) is 80.9 Å². The lowest BCUT2D eigenvalue weighted by Gasteiger charge is -1.97. The number of hydrogen-bond acceptors (Lipinski definition) is 6. The van der Waals surface area contributed by atoms with E-state index >= 15 is 0 Å². The Labute approximate surface area is 106 Å². The summed E-state index contributed by atoms with van der Waals surface area (Å²) in [6, 6.07) is 7.51. The predicted molar refractivity (Wildman–Crippen MR) is 66.6 cm³/mol. The number of anilines is 1. The maximum atomic E-state index is 12.0. The molecule has 0 atom stereocenters. The summed E-state index contributed by atoms with van der Waals surface area (Å²) in [5.41, 5.74) is 1.50. The van der Waals surface area contributed by atoms with Gasteiger partial charge in [0.25, 0.3) is 5.91 Å². The van der Waals surface area contributed by atoms with Crippen molar-refractivity contribution in [3.05, 3.63) is 35.6 Å². The lowest BCUT2D eigenvalue weighted by Crippen LogP contribution is -2.11. The van der Waals surface area contributed by atoms with Gasteiger partial charge in [-0.05, 0) is 18.2 Å². The number of furan rings is 1. The van der Waals surface area contributed by atoms with Crippen LogP contribution in [-0.4, -0.2) is 20.7 Å². The van der Waals surface area contributed by atoms with Gasteiger partial charge in [-0.25, -0.2) is 0 Å². The van der Waals surface area contributed by atoms with E-state index in [1.165, 1.54) is 0 Å². The number of amides is 1. The minimum absolute atomic E-state index is 0.284. The van der Waals surface area contributed by atoms with Gasteiger partial charge in [0.2, 0.25) is 5.13 Å². The van der Waals surface area contributed by atoms with Gasteiger partial charge in [0.05, 0.1) is 0 Å². The first-order valence-corrected chi connectivity index (χ1v) is 5.97. The molecule has 0 aliphatic heterocycles. The first kappa shape index (κ1) is 10.8. The molecule has 0 fully saturated rings. The fraction of sp³-hybridized carbons (Fsp3) is 0.0909. The molecule has 18 heavy (non-hydrogen) atoms. The fourth-order valence-electron chi connectivity index (χ4n) is 1.73. The van der Waals surface area contributed by atoms with Crippen LogP contribution >= 0.6 is 11.5 Å². The Morgan fingerprint density at radius 3 is 2.94 bits per heavy atom. The van der Waals surface area contributed by atoms with Gasteiger partial charge in [-0.3, -0.25) is 10.1 Å². The van der Waals surface area contributed by atoms with Crippen LogP contribution in [0.5, 0.6) is 0 Å². The molecule has 0 saturated carbocycles. The van der Waals surface area contributed by atoms with Gasteiger partial charge in [0.15, 0.2) is 5.76 Å². The maximum absolute atomic E-state index is 12.0. The monoisotopic (exact) mass is 260 g/mol. The van der Waals surface area contributed by atoms with Crippen molar-refractivity contribution in [3.8, 4) is 0 Å². The Morgan fingerprint density at radius 2 is 2.22 bits per heavy atom. The van der Waals surface area contributed by atoms with Crippen molar-refractivity contribution < 1.29 is 9.21 Å². The van der Waals surface area contributed by atoms with Crippen molar-refractivity contribution in [1.29, 1.82) is 0 Å². The smallest absolute Gasteiger partial charge is 0.293 e. The van der Waals surface area contributed by atoms with Crippen LogP contribution in [0.4, 0.5) is 5.13 Å². The van der Waals surface area contributed by atoms with Gasteiger partial charge in [0.1, 0.15) is 5.58 Å². The highest BCUT2D eigenvalue weighted by atomic mass is 32.1. The molecule has 0 saturated heterocycles. The average Bonchev–Trinajstić information content (AvgIpc) is 2.98. The van der Waals surface area contributed by atoms with E-state index in [-0.39, 0.29) is 11.7 Å². The SMILES string of the molecule is Cc1c(C(=O)Nc2nnns2)oc2ccccc12. The zero-order valence-corrected chi connectivity index (χ0v) is 10.2. The van der Waals surface area contributed by atoms with Crippen LogP contribution in [-0.2, 0) is 0 Å². The average molecular weight is 260 g/mol. The Balaban J connectivity index is 1.99. The normalized spacial score (nSPS) is 10.7. The van der Waals surface area contributed by atoms with E-state index in [2.05, 4.69) is 20.1 Å².